The van der Waals surface area contributed by atoms with E-state index in [1.54, 1.807) is 0 Å². The molecule has 8 heavy (non-hydrogen) atoms. The van der Waals surface area contributed by atoms with Gasteiger partial charge in [-0.3, -0.25) is 4.55 Å². The van der Waals surface area contributed by atoms with Crippen LogP contribution in [-0.2, 0) is 10.1 Å². The molecule has 0 aliphatic rings. The van der Waals surface area contributed by atoms with Crippen LogP contribution in [0.5, 0.6) is 0 Å². The van der Waals surface area contributed by atoms with Crippen LogP contribution in [0, 0.1) is 0 Å². The Balaban J connectivity index is 4.04. The summed E-state index contributed by atoms with van der Waals surface area (Å²) in [5.41, 5.74) is 0. The molecule has 2 N–H and O–H groups in total. The Hall–Kier alpha value is -0.130. The Kier molecular flexibility index (Phi) is 2.39. The molecule has 0 rings (SSSR count). The van der Waals surface area contributed by atoms with Gasteiger partial charge in [0.15, 0.2) is 0 Å². The third-order valence-corrected chi connectivity index (χ3v) is 1.93. The first kappa shape index (κ1) is 7.87. The first-order valence-electron chi connectivity index (χ1n) is 2.05. The van der Waals surface area contributed by atoms with Gasteiger partial charge in [0.25, 0.3) is 10.1 Å². The Labute approximate surface area is 47.9 Å². The maximum Gasteiger partial charge on any atom is 0.269 e. The molecule has 50 valence electrons. The van der Waals surface area contributed by atoms with Crippen molar-refractivity contribution in [3.05, 3.63) is 0 Å². The van der Waals surface area contributed by atoms with Gasteiger partial charge in [0, 0.05) is 0 Å². The van der Waals surface area contributed by atoms with Crippen LogP contribution in [0.3, 0.4) is 0 Å². The zero-order valence-corrected chi connectivity index (χ0v) is 5.22. The van der Waals surface area contributed by atoms with E-state index in [0.29, 0.717) is 0 Å². The molecule has 0 aliphatic carbocycles. The summed E-state index contributed by atoms with van der Waals surface area (Å²) < 4.78 is 28.0. The molecular weight excluding hydrogens is 132 g/mol. The second kappa shape index (κ2) is 2.43. The highest BCUT2D eigenvalue weighted by molar-refractivity contribution is 7.86. The van der Waals surface area contributed by atoms with Gasteiger partial charge in [-0.1, -0.05) is 0 Å². The summed E-state index contributed by atoms with van der Waals surface area (Å²) in [6.07, 6.45) is 0. The topological polar surface area (TPSA) is 74.6 Å². The normalized spacial score (nSPS) is 15.9. The molecule has 1 atom stereocenters. The van der Waals surface area contributed by atoms with Gasteiger partial charge in [0.2, 0.25) is 0 Å². The Morgan fingerprint density at radius 1 is 1.62 bits per heavy atom. The summed E-state index contributed by atoms with van der Waals surface area (Å²) in [6, 6.07) is 0. The number of hydrogen-bond acceptors (Lipinski definition) is 3. The smallest absolute Gasteiger partial charge is 0.269 e. The summed E-state index contributed by atoms with van der Waals surface area (Å²) in [5, 5.41) is 7.06. The van der Waals surface area contributed by atoms with E-state index in [9.17, 15) is 8.42 Å². The number of hydrogen-bond donors (Lipinski definition) is 2. The molecule has 0 fully saturated rings. The summed E-state index contributed by atoms with van der Waals surface area (Å²) >= 11 is 0. The zero-order chi connectivity index (χ0) is 6.78. The molecule has 0 aromatic rings. The molecular formula is C3H8O4S. The Bertz CT molecular complexity index is 147. The standard InChI is InChI=1S/C3H8O4S/c1-3(2-4)8(5,6)7/h3-4H,2H2,1H3,(H,5,6,7). The van der Waals surface area contributed by atoms with Crippen LogP contribution >= 0.6 is 0 Å². The lowest BCUT2D eigenvalue weighted by molar-refractivity contribution is 0.289. The first-order chi connectivity index (χ1) is 3.48. The van der Waals surface area contributed by atoms with E-state index in [-0.39, 0.29) is 0 Å². The summed E-state index contributed by atoms with van der Waals surface area (Å²) in [5.74, 6) is 0. The van der Waals surface area contributed by atoms with Gasteiger partial charge in [-0.25, -0.2) is 0 Å². The van der Waals surface area contributed by atoms with E-state index in [4.69, 9.17) is 9.66 Å². The van der Waals surface area contributed by atoms with Gasteiger partial charge < -0.3 is 5.11 Å². The molecule has 0 aliphatic heterocycles. The largest absolute Gasteiger partial charge is 0.395 e. The molecule has 0 saturated heterocycles. The average molecular weight is 140 g/mol. The van der Waals surface area contributed by atoms with E-state index < -0.39 is 22.0 Å². The van der Waals surface area contributed by atoms with Crippen LogP contribution in [0.4, 0.5) is 0 Å². The van der Waals surface area contributed by atoms with Crippen LogP contribution in [-0.4, -0.2) is 29.9 Å². The lowest BCUT2D eigenvalue weighted by atomic mass is 10.5. The first-order valence-corrected chi connectivity index (χ1v) is 3.56. The quantitative estimate of drug-likeness (QED) is 0.495. The minimum Gasteiger partial charge on any atom is -0.395 e. The maximum atomic E-state index is 9.96. The van der Waals surface area contributed by atoms with Crippen molar-refractivity contribution in [1.29, 1.82) is 0 Å². The Morgan fingerprint density at radius 3 is 2.00 bits per heavy atom. The van der Waals surface area contributed by atoms with Gasteiger partial charge in [0.05, 0.1) is 6.61 Å². The van der Waals surface area contributed by atoms with Crippen molar-refractivity contribution in [1.82, 2.24) is 0 Å². The van der Waals surface area contributed by atoms with Crippen LogP contribution < -0.4 is 0 Å². The van der Waals surface area contributed by atoms with Gasteiger partial charge in [0.1, 0.15) is 5.25 Å². The van der Waals surface area contributed by atoms with Gasteiger partial charge >= 0.3 is 0 Å². The molecule has 0 radical (unpaired) electrons. The summed E-state index contributed by atoms with van der Waals surface area (Å²) in [6.45, 7) is 0.675. The van der Waals surface area contributed by atoms with E-state index in [2.05, 4.69) is 0 Å². The fourth-order valence-electron chi connectivity index (χ4n) is 0.0942. The third-order valence-electron chi connectivity index (χ3n) is 0.766. The number of rotatable bonds is 2. The SMILES string of the molecule is CC(CO)S(=O)(=O)O. The Morgan fingerprint density at radius 2 is 2.00 bits per heavy atom. The predicted octanol–water partition coefficient (Wildman–Crippen LogP) is -0.745. The van der Waals surface area contributed by atoms with E-state index >= 15 is 0 Å². The molecule has 0 amide bonds. The average Bonchev–Trinajstić information content (AvgIpc) is 1.62. The molecule has 0 heterocycles. The zero-order valence-electron chi connectivity index (χ0n) is 4.40. The highest BCUT2D eigenvalue weighted by Crippen LogP contribution is 1.93. The monoisotopic (exact) mass is 140 g/mol. The highest BCUT2D eigenvalue weighted by atomic mass is 32.2. The fraction of sp³-hybridized carbons (Fsp3) is 1.00. The van der Waals surface area contributed by atoms with Crippen molar-refractivity contribution in [3.8, 4) is 0 Å². The number of aliphatic hydroxyl groups excluding tert-OH is 1. The van der Waals surface area contributed by atoms with E-state index in [1.807, 2.05) is 0 Å². The molecule has 1 unspecified atom stereocenters. The summed E-state index contributed by atoms with van der Waals surface area (Å²) in [7, 11) is -4.00. The van der Waals surface area contributed by atoms with Crippen molar-refractivity contribution < 1.29 is 18.1 Å². The van der Waals surface area contributed by atoms with Gasteiger partial charge in [-0.05, 0) is 6.92 Å². The molecule has 0 saturated carbocycles. The van der Waals surface area contributed by atoms with E-state index in [0.717, 1.165) is 0 Å². The van der Waals surface area contributed by atoms with Gasteiger partial charge in [-0.15, -0.1) is 0 Å². The van der Waals surface area contributed by atoms with Crippen molar-refractivity contribution in [2.45, 2.75) is 12.2 Å². The molecule has 0 aromatic carbocycles. The van der Waals surface area contributed by atoms with Crippen molar-refractivity contribution >= 4 is 10.1 Å². The highest BCUT2D eigenvalue weighted by Gasteiger charge is 2.14. The second-order valence-electron chi connectivity index (χ2n) is 1.51. The van der Waals surface area contributed by atoms with Crippen LogP contribution in [0.15, 0.2) is 0 Å². The molecule has 0 spiro atoms. The molecule has 0 aromatic heterocycles. The number of aliphatic hydroxyl groups is 1. The fourth-order valence-corrected chi connectivity index (χ4v) is 0.283. The van der Waals surface area contributed by atoms with Crippen LogP contribution in [0.1, 0.15) is 6.92 Å². The van der Waals surface area contributed by atoms with Crippen LogP contribution in [0.2, 0.25) is 0 Å². The summed E-state index contributed by atoms with van der Waals surface area (Å²) in [4.78, 5) is 0. The third kappa shape index (κ3) is 2.25. The lowest BCUT2D eigenvalue weighted by Crippen LogP contribution is -2.20. The maximum absolute atomic E-state index is 9.96. The minimum absolute atomic E-state index is 0.543. The van der Waals surface area contributed by atoms with Gasteiger partial charge in [-0.2, -0.15) is 8.42 Å². The second-order valence-corrected chi connectivity index (χ2v) is 3.34. The minimum atomic E-state index is -4.00. The molecule has 0 bridgehead atoms. The van der Waals surface area contributed by atoms with E-state index in [1.165, 1.54) is 6.92 Å². The van der Waals surface area contributed by atoms with Crippen LogP contribution in [0.25, 0.3) is 0 Å². The van der Waals surface area contributed by atoms with Crippen molar-refractivity contribution in [2.75, 3.05) is 6.61 Å². The molecule has 5 heteroatoms. The molecule has 4 nitrogen and oxygen atoms in total. The lowest BCUT2D eigenvalue weighted by Gasteiger charge is -1.99. The van der Waals surface area contributed by atoms with Crippen molar-refractivity contribution in [2.24, 2.45) is 0 Å². The van der Waals surface area contributed by atoms with Crippen molar-refractivity contribution in [3.63, 3.8) is 0 Å². The predicted molar refractivity (Wildman–Crippen MR) is 28.1 cm³/mol.